The highest BCUT2D eigenvalue weighted by Crippen LogP contribution is 2.26. The highest BCUT2D eigenvalue weighted by Gasteiger charge is 2.15. The van der Waals surface area contributed by atoms with E-state index < -0.39 is 6.10 Å². The molecule has 5 N–H and O–H groups in total. The lowest BCUT2D eigenvalue weighted by atomic mass is 10.3. The first-order valence-electron chi connectivity index (χ1n) is 8.82. The number of anilines is 4. The van der Waals surface area contributed by atoms with Gasteiger partial charge >= 0.3 is 0 Å². The molecule has 10 heteroatoms. The molecule has 0 saturated carbocycles. The van der Waals surface area contributed by atoms with Crippen molar-refractivity contribution in [1.29, 1.82) is 0 Å². The summed E-state index contributed by atoms with van der Waals surface area (Å²) in [6.07, 6.45) is 0.489. The zero-order valence-electron chi connectivity index (χ0n) is 15.8. The van der Waals surface area contributed by atoms with E-state index in [9.17, 15) is 5.11 Å². The van der Waals surface area contributed by atoms with Gasteiger partial charge in [0.15, 0.2) is 11.6 Å². The van der Waals surface area contributed by atoms with Crippen molar-refractivity contribution in [2.24, 2.45) is 0 Å². The molecular formula is C16H29ClN8O. The van der Waals surface area contributed by atoms with Crippen molar-refractivity contribution in [1.82, 2.24) is 19.9 Å². The van der Waals surface area contributed by atoms with Gasteiger partial charge in [-0.3, -0.25) is 0 Å². The summed E-state index contributed by atoms with van der Waals surface area (Å²) in [7, 11) is 0. The summed E-state index contributed by atoms with van der Waals surface area (Å²) in [4.78, 5) is 18.2. The summed E-state index contributed by atoms with van der Waals surface area (Å²) in [5, 5.41) is 22.2. The predicted molar refractivity (Wildman–Crippen MR) is 110 cm³/mol. The van der Waals surface area contributed by atoms with Crippen LogP contribution in [0, 0.1) is 0 Å². The second kappa shape index (κ2) is 10.8. The van der Waals surface area contributed by atoms with E-state index in [-0.39, 0.29) is 12.4 Å². The minimum atomic E-state index is -0.494. The van der Waals surface area contributed by atoms with Gasteiger partial charge in [0.1, 0.15) is 11.0 Å². The zero-order valence-corrected chi connectivity index (χ0v) is 16.6. The number of halogens is 1. The van der Waals surface area contributed by atoms with Crippen molar-refractivity contribution in [3.8, 4) is 0 Å². The SMILES string of the molecule is CCCNc1nc(NCC)c2nc(NC[C@H](C)O)nc(NCC)c2n1.Cl. The van der Waals surface area contributed by atoms with Crippen molar-refractivity contribution in [2.75, 3.05) is 47.4 Å². The summed E-state index contributed by atoms with van der Waals surface area (Å²) in [5.41, 5.74) is 1.30. The van der Waals surface area contributed by atoms with Crippen LogP contribution in [0.25, 0.3) is 11.0 Å². The molecule has 1 atom stereocenters. The minimum Gasteiger partial charge on any atom is -0.392 e. The molecule has 2 heterocycles. The van der Waals surface area contributed by atoms with Crippen LogP contribution in [-0.2, 0) is 0 Å². The Morgan fingerprint density at radius 1 is 0.808 bits per heavy atom. The van der Waals surface area contributed by atoms with Crippen molar-refractivity contribution < 1.29 is 5.11 Å². The molecule has 26 heavy (non-hydrogen) atoms. The third-order valence-electron chi connectivity index (χ3n) is 3.32. The van der Waals surface area contributed by atoms with Crippen molar-refractivity contribution in [3.05, 3.63) is 0 Å². The van der Waals surface area contributed by atoms with Crippen LogP contribution < -0.4 is 21.3 Å². The molecule has 0 aromatic carbocycles. The number of hydrogen-bond acceptors (Lipinski definition) is 9. The molecule has 0 aliphatic heterocycles. The second-order valence-electron chi connectivity index (χ2n) is 5.71. The fraction of sp³-hybridized carbons (Fsp3) is 0.625. The van der Waals surface area contributed by atoms with Crippen LogP contribution in [0.5, 0.6) is 0 Å². The van der Waals surface area contributed by atoms with Gasteiger partial charge in [0.2, 0.25) is 11.9 Å². The quantitative estimate of drug-likeness (QED) is 0.420. The topological polar surface area (TPSA) is 120 Å². The van der Waals surface area contributed by atoms with Gasteiger partial charge in [0.25, 0.3) is 0 Å². The maximum atomic E-state index is 9.48. The van der Waals surface area contributed by atoms with E-state index in [0.717, 1.165) is 19.5 Å². The Bertz CT molecular complexity index is 697. The van der Waals surface area contributed by atoms with Crippen LogP contribution >= 0.6 is 12.4 Å². The molecule has 0 radical (unpaired) electrons. The summed E-state index contributed by atoms with van der Waals surface area (Å²) in [6, 6.07) is 0. The normalized spacial score (nSPS) is 11.6. The van der Waals surface area contributed by atoms with Crippen LogP contribution in [0.15, 0.2) is 0 Å². The Balaban J connectivity index is 0.00000338. The van der Waals surface area contributed by atoms with Crippen LogP contribution in [-0.4, -0.2) is 57.3 Å². The average molecular weight is 385 g/mol. The molecule has 2 rings (SSSR count). The molecule has 0 spiro atoms. The molecule has 2 aromatic heterocycles. The number of fused-ring (bicyclic) bond motifs is 1. The van der Waals surface area contributed by atoms with Gasteiger partial charge in [-0.2, -0.15) is 9.97 Å². The maximum absolute atomic E-state index is 9.48. The lowest BCUT2D eigenvalue weighted by Crippen LogP contribution is -2.18. The van der Waals surface area contributed by atoms with E-state index in [1.54, 1.807) is 6.92 Å². The lowest BCUT2D eigenvalue weighted by Gasteiger charge is -2.14. The van der Waals surface area contributed by atoms with Crippen LogP contribution in [0.2, 0.25) is 0 Å². The van der Waals surface area contributed by atoms with E-state index in [1.165, 1.54) is 0 Å². The standard InChI is InChI=1S/C16H28N8O.ClH/c1-5-8-19-15-21-11-12(13(23-15)17-6-2)22-16(20-9-10(4)25)24-14(11)18-7-3;/h10,25H,5-9H2,1-4H3,(H2,17,19,21,23)(H2,18,20,22,24);1H/t10-;/m0./s1. The van der Waals surface area contributed by atoms with E-state index in [0.29, 0.717) is 47.7 Å². The number of aromatic nitrogens is 4. The summed E-state index contributed by atoms with van der Waals surface area (Å²) in [6.45, 7) is 10.4. The van der Waals surface area contributed by atoms with E-state index in [1.807, 2.05) is 13.8 Å². The van der Waals surface area contributed by atoms with Gasteiger partial charge in [-0.05, 0) is 27.2 Å². The monoisotopic (exact) mass is 384 g/mol. The van der Waals surface area contributed by atoms with Crippen LogP contribution in [0.1, 0.15) is 34.1 Å². The molecule has 0 aliphatic rings. The van der Waals surface area contributed by atoms with Crippen LogP contribution in [0.4, 0.5) is 23.5 Å². The van der Waals surface area contributed by atoms with Crippen molar-refractivity contribution in [3.63, 3.8) is 0 Å². The largest absolute Gasteiger partial charge is 0.392 e. The first-order valence-corrected chi connectivity index (χ1v) is 8.82. The molecule has 0 aliphatic carbocycles. The number of nitrogens with zero attached hydrogens (tertiary/aromatic N) is 4. The maximum Gasteiger partial charge on any atom is 0.225 e. The number of nitrogens with one attached hydrogen (secondary N) is 4. The second-order valence-corrected chi connectivity index (χ2v) is 5.71. The number of rotatable bonds is 10. The van der Waals surface area contributed by atoms with Crippen LogP contribution in [0.3, 0.4) is 0 Å². The average Bonchev–Trinajstić information content (AvgIpc) is 2.59. The first-order chi connectivity index (χ1) is 12.1. The van der Waals surface area contributed by atoms with Gasteiger partial charge in [0, 0.05) is 26.2 Å². The molecule has 0 fully saturated rings. The number of aliphatic hydroxyl groups excluding tert-OH is 1. The fourth-order valence-corrected chi connectivity index (χ4v) is 2.23. The Morgan fingerprint density at radius 3 is 1.73 bits per heavy atom. The Hall–Kier alpha value is -2.13. The van der Waals surface area contributed by atoms with Gasteiger partial charge in [0.05, 0.1) is 6.10 Å². The lowest BCUT2D eigenvalue weighted by molar-refractivity contribution is 0.208. The van der Waals surface area contributed by atoms with Crippen molar-refractivity contribution in [2.45, 2.75) is 40.2 Å². The van der Waals surface area contributed by atoms with E-state index >= 15 is 0 Å². The Kier molecular flexibility index (Phi) is 9.08. The summed E-state index contributed by atoms with van der Waals surface area (Å²) >= 11 is 0. The molecule has 146 valence electrons. The third kappa shape index (κ3) is 5.70. The first kappa shape index (κ1) is 21.9. The molecule has 0 amide bonds. The number of aliphatic hydroxyl groups is 1. The summed E-state index contributed by atoms with van der Waals surface area (Å²) in [5.74, 6) is 2.29. The minimum absolute atomic E-state index is 0. The molecule has 0 saturated heterocycles. The number of hydrogen-bond donors (Lipinski definition) is 5. The Morgan fingerprint density at radius 2 is 1.31 bits per heavy atom. The smallest absolute Gasteiger partial charge is 0.225 e. The van der Waals surface area contributed by atoms with Gasteiger partial charge in [-0.25, -0.2) is 9.97 Å². The molecule has 0 unspecified atom stereocenters. The fourth-order valence-electron chi connectivity index (χ4n) is 2.23. The molecule has 9 nitrogen and oxygen atoms in total. The Labute approximate surface area is 160 Å². The third-order valence-corrected chi connectivity index (χ3v) is 3.32. The van der Waals surface area contributed by atoms with Gasteiger partial charge in [-0.15, -0.1) is 12.4 Å². The van der Waals surface area contributed by atoms with Crippen molar-refractivity contribution >= 4 is 47.0 Å². The zero-order chi connectivity index (χ0) is 18.2. The van der Waals surface area contributed by atoms with E-state index in [2.05, 4.69) is 48.1 Å². The van der Waals surface area contributed by atoms with Gasteiger partial charge in [-0.1, -0.05) is 6.92 Å². The van der Waals surface area contributed by atoms with Gasteiger partial charge < -0.3 is 26.4 Å². The summed E-state index contributed by atoms with van der Waals surface area (Å²) < 4.78 is 0. The molecule has 0 bridgehead atoms. The molecule has 2 aromatic rings. The molecular weight excluding hydrogens is 356 g/mol. The van der Waals surface area contributed by atoms with E-state index in [4.69, 9.17) is 0 Å². The highest BCUT2D eigenvalue weighted by molar-refractivity contribution is 5.94. The highest BCUT2D eigenvalue weighted by atomic mass is 35.5. The predicted octanol–water partition coefficient (Wildman–Crippen LogP) is 2.32.